The van der Waals surface area contributed by atoms with E-state index in [4.69, 9.17) is 9.26 Å². The van der Waals surface area contributed by atoms with Crippen molar-refractivity contribution >= 4 is 5.91 Å². The van der Waals surface area contributed by atoms with Crippen LogP contribution in [0.2, 0.25) is 0 Å². The molecule has 6 nitrogen and oxygen atoms in total. The Balaban J connectivity index is 1.78. The van der Waals surface area contributed by atoms with E-state index in [9.17, 15) is 4.79 Å². The van der Waals surface area contributed by atoms with Gasteiger partial charge in [-0.15, -0.1) is 0 Å². The number of hydrogen-bond acceptors (Lipinski definition) is 5. The minimum absolute atomic E-state index is 0.0159. The first-order valence-electron chi connectivity index (χ1n) is 7.41. The third-order valence-corrected chi connectivity index (χ3v) is 4.08. The first-order valence-corrected chi connectivity index (χ1v) is 7.41. The Morgan fingerprint density at radius 3 is 2.64 bits per heavy atom. The van der Waals surface area contributed by atoms with Gasteiger partial charge in [-0.1, -0.05) is 35.5 Å². The van der Waals surface area contributed by atoms with E-state index in [1.165, 1.54) is 0 Å². The van der Waals surface area contributed by atoms with Crippen LogP contribution in [0, 0.1) is 6.92 Å². The third kappa shape index (κ3) is 2.87. The number of rotatable bonds is 4. The van der Waals surface area contributed by atoms with E-state index in [1.807, 2.05) is 30.3 Å². The highest BCUT2D eigenvalue weighted by Gasteiger charge is 2.41. The highest BCUT2D eigenvalue weighted by Crippen LogP contribution is 2.35. The molecule has 0 bridgehead atoms. The summed E-state index contributed by atoms with van der Waals surface area (Å²) in [6.45, 7) is 3.16. The van der Waals surface area contributed by atoms with E-state index in [0.29, 0.717) is 37.8 Å². The maximum Gasteiger partial charge on any atom is 0.246 e. The van der Waals surface area contributed by atoms with Crippen LogP contribution in [0.25, 0.3) is 0 Å². The lowest BCUT2D eigenvalue weighted by molar-refractivity contribution is -0.130. The molecule has 1 aliphatic rings. The van der Waals surface area contributed by atoms with Gasteiger partial charge < -0.3 is 14.6 Å². The van der Waals surface area contributed by atoms with Gasteiger partial charge in [0.2, 0.25) is 11.8 Å². The number of aromatic nitrogens is 2. The molecule has 1 aromatic heterocycles. The molecule has 2 aromatic rings. The van der Waals surface area contributed by atoms with Gasteiger partial charge in [-0.05, 0) is 25.3 Å². The van der Waals surface area contributed by atoms with Gasteiger partial charge in [0.25, 0.3) is 0 Å². The first kappa shape index (κ1) is 14.7. The quantitative estimate of drug-likeness (QED) is 0.931. The smallest absolute Gasteiger partial charge is 0.246 e. The lowest BCUT2D eigenvalue weighted by atomic mass is 9.73. The van der Waals surface area contributed by atoms with Crippen LogP contribution in [0.4, 0.5) is 0 Å². The van der Waals surface area contributed by atoms with Gasteiger partial charge in [0, 0.05) is 13.2 Å². The maximum atomic E-state index is 12.8. The fraction of sp³-hybridized carbons (Fsp3) is 0.438. The Morgan fingerprint density at radius 1 is 1.27 bits per heavy atom. The molecule has 0 unspecified atom stereocenters. The fourth-order valence-corrected chi connectivity index (χ4v) is 2.86. The Labute approximate surface area is 128 Å². The summed E-state index contributed by atoms with van der Waals surface area (Å²) in [5.41, 5.74) is 0.478. The molecule has 0 spiro atoms. The van der Waals surface area contributed by atoms with E-state index in [2.05, 4.69) is 15.5 Å². The monoisotopic (exact) mass is 301 g/mol. The average Bonchev–Trinajstić information content (AvgIpc) is 2.99. The number of ether oxygens (including phenoxy) is 1. The molecular weight excluding hydrogens is 282 g/mol. The highest BCUT2D eigenvalue weighted by molar-refractivity contribution is 5.88. The van der Waals surface area contributed by atoms with Crippen LogP contribution in [0.5, 0.6) is 0 Å². The summed E-state index contributed by atoms with van der Waals surface area (Å²) in [6, 6.07) is 9.88. The van der Waals surface area contributed by atoms with E-state index >= 15 is 0 Å². The Morgan fingerprint density at radius 2 is 2.00 bits per heavy atom. The molecule has 0 aliphatic carbocycles. The van der Waals surface area contributed by atoms with Crippen LogP contribution in [0.15, 0.2) is 34.9 Å². The van der Waals surface area contributed by atoms with Crippen LogP contribution in [-0.4, -0.2) is 29.3 Å². The number of benzene rings is 1. The summed E-state index contributed by atoms with van der Waals surface area (Å²) in [5.74, 6) is 0.965. The molecule has 0 saturated carbocycles. The van der Waals surface area contributed by atoms with Crippen molar-refractivity contribution in [2.24, 2.45) is 0 Å². The number of nitrogens with zero attached hydrogens (tertiary/aromatic N) is 2. The van der Waals surface area contributed by atoms with Crippen molar-refractivity contribution < 1.29 is 14.1 Å². The fourth-order valence-electron chi connectivity index (χ4n) is 2.86. The average molecular weight is 301 g/mol. The Hall–Kier alpha value is -2.21. The first-order chi connectivity index (χ1) is 10.7. The topological polar surface area (TPSA) is 77.2 Å². The second kappa shape index (κ2) is 6.27. The number of aryl methyl sites for hydroxylation is 1. The van der Waals surface area contributed by atoms with E-state index in [1.54, 1.807) is 6.92 Å². The van der Waals surface area contributed by atoms with Crippen molar-refractivity contribution in [2.45, 2.75) is 31.7 Å². The summed E-state index contributed by atoms with van der Waals surface area (Å²) in [7, 11) is 0. The van der Waals surface area contributed by atoms with E-state index in [0.717, 1.165) is 5.56 Å². The highest BCUT2D eigenvalue weighted by atomic mass is 16.5. The van der Waals surface area contributed by atoms with Crippen LogP contribution < -0.4 is 5.32 Å². The van der Waals surface area contributed by atoms with Crippen molar-refractivity contribution in [2.75, 3.05) is 13.2 Å². The molecular formula is C16H19N3O3. The van der Waals surface area contributed by atoms with Crippen LogP contribution in [-0.2, 0) is 21.5 Å². The van der Waals surface area contributed by atoms with Crippen molar-refractivity contribution in [1.29, 1.82) is 0 Å². The Bertz CT molecular complexity index is 633. The molecule has 1 fully saturated rings. The van der Waals surface area contributed by atoms with Gasteiger partial charge in [-0.2, -0.15) is 4.98 Å². The normalized spacial score (nSPS) is 17.1. The van der Waals surface area contributed by atoms with Crippen molar-refractivity contribution in [3.05, 3.63) is 47.6 Å². The Kier molecular flexibility index (Phi) is 4.20. The molecule has 1 amide bonds. The predicted molar refractivity (Wildman–Crippen MR) is 79.1 cm³/mol. The van der Waals surface area contributed by atoms with Gasteiger partial charge in [0.1, 0.15) is 0 Å². The van der Waals surface area contributed by atoms with Gasteiger partial charge in [0.15, 0.2) is 5.82 Å². The van der Waals surface area contributed by atoms with Crippen molar-refractivity contribution in [3.8, 4) is 0 Å². The van der Waals surface area contributed by atoms with Crippen LogP contribution in [0.1, 0.15) is 30.1 Å². The minimum atomic E-state index is -0.547. The molecule has 116 valence electrons. The number of carbonyl (C=O) groups is 1. The maximum absolute atomic E-state index is 12.8. The summed E-state index contributed by atoms with van der Waals surface area (Å²) in [5, 5.41) is 6.66. The lowest BCUT2D eigenvalue weighted by Gasteiger charge is -2.36. The molecule has 1 aliphatic heterocycles. The molecule has 0 atom stereocenters. The zero-order valence-corrected chi connectivity index (χ0v) is 12.5. The summed E-state index contributed by atoms with van der Waals surface area (Å²) >= 11 is 0. The summed E-state index contributed by atoms with van der Waals surface area (Å²) in [6.07, 6.45) is 1.34. The molecule has 1 N–H and O–H groups in total. The standard InChI is InChI=1S/C16H19N3O3/c1-12-18-14(22-19-12)11-17-15(20)16(7-9-21-10-8-16)13-5-3-2-4-6-13/h2-6H,7-11H2,1H3,(H,17,20). The van der Waals surface area contributed by atoms with Crippen LogP contribution >= 0.6 is 0 Å². The van der Waals surface area contributed by atoms with E-state index < -0.39 is 5.41 Å². The number of amides is 1. The summed E-state index contributed by atoms with van der Waals surface area (Å²) in [4.78, 5) is 17.0. The zero-order chi connectivity index (χ0) is 15.4. The van der Waals surface area contributed by atoms with Gasteiger partial charge in [-0.25, -0.2) is 0 Å². The number of hydrogen-bond donors (Lipinski definition) is 1. The van der Waals surface area contributed by atoms with Crippen molar-refractivity contribution in [1.82, 2.24) is 15.5 Å². The minimum Gasteiger partial charge on any atom is -0.381 e. The molecule has 1 saturated heterocycles. The van der Waals surface area contributed by atoms with Gasteiger partial charge >= 0.3 is 0 Å². The second-order valence-electron chi connectivity index (χ2n) is 5.48. The van der Waals surface area contributed by atoms with Crippen LogP contribution in [0.3, 0.4) is 0 Å². The largest absolute Gasteiger partial charge is 0.381 e. The molecule has 22 heavy (non-hydrogen) atoms. The second-order valence-corrected chi connectivity index (χ2v) is 5.48. The van der Waals surface area contributed by atoms with Gasteiger partial charge in [-0.3, -0.25) is 4.79 Å². The molecule has 6 heteroatoms. The lowest BCUT2D eigenvalue weighted by Crippen LogP contribution is -2.47. The molecule has 1 aromatic carbocycles. The summed E-state index contributed by atoms with van der Waals surface area (Å²) < 4.78 is 10.5. The van der Waals surface area contributed by atoms with Gasteiger partial charge in [0.05, 0.1) is 12.0 Å². The number of nitrogens with one attached hydrogen (secondary N) is 1. The molecule has 3 rings (SSSR count). The van der Waals surface area contributed by atoms with Crippen molar-refractivity contribution in [3.63, 3.8) is 0 Å². The predicted octanol–water partition coefficient (Wildman–Crippen LogP) is 1.74. The third-order valence-electron chi connectivity index (χ3n) is 4.08. The molecule has 2 heterocycles. The SMILES string of the molecule is Cc1noc(CNC(=O)C2(c3ccccc3)CCOCC2)n1. The van der Waals surface area contributed by atoms with E-state index in [-0.39, 0.29) is 12.5 Å². The number of carbonyl (C=O) groups excluding carboxylic acids is 1. The zero-order valence-electron chi connectivity index (χ0n) is 12.5. The molecule has 0 radical (unpaired) electrons.